The van der Waals surface area contributed by atoms with Crippen LogP contribution in [0.1, 0.15) is 77.6 Å². The van der Waals surface area contributed by atoms with E-state index in [1.54, 1.807) is 0 Å². The minimum absolute atomic E-state index is 0. The van der Waals surface area contributed by atoms with Gasteiger partial charge in [0.15, 0.2) is 5.25 Å². The molecule has 0 spiro atoms. The molecule has 0 aromatic rings. The maximum Gasteiger partial charge on any atom is 1.00 e. The molecular formula is C16H31KO11S2. The van der Waals surface area contributed by atoms with Gasteiger partial charge in [-0.1, -0.05) is 64.7 Å². The number of hydrogen-bond acceptors (Lipinski definition) is 8. The largest absolute Gasteiger partial charge is 1.00 e. The summed E-state index contributed by atoms with van der Waals surface area (Å²) in [6.45, 7) is 2.24. The topological polar surface area (TPSA) is 195 Å². The smallest absolute Gasteiger partial charge is 0.726 e. The Kier molecular flexibility index (Phi) is 23.3. The van der Waals surface area contributed by atoms with E-state index in [0.29, 0.717) is 6.42 Å². The first kappa shape index (κ1) is 35.0. The van der Waals surface area contributed by atoms with Gasteiger partial charge in [0, 0.05) is 0 Å². The van der Waals surface area contributed by atoms with E-state index in [1.807, 2.05) is 0 Å². The molecule has 0 rings (SSSR count). The van der Waals surface area contributed by atoms with E-state index in [2.05, 4.69) is 11.1 Å². The predicted molar refractivity (Wildman–Crippen MR) is 103 cm³/mol. The van der Waals surface area contributed by atoms with Gasteiger partial charge in [-0.05, 0) is 6.42 Å². The van der Waals surface area contributed by atoms with Gasteiger partial charge >= 0.3 is 63.3 Å². The van der Waals surface area contributed by atoms with E-state index in [0.717, 1.165) is 12.8 Å². The van der Waals surface area contributed by atoms with Crippen LogP contribution in [-0.2, 0) is 34.3 Å². The second-order valence-electron chi connectivity index (χ2n) is 6.35. The molecule has 0 heterocycles. The summed E-state index contributed by atoms with van der Waals surface area (Å²) in [5, 5.41) is 13.9. The second kappa shape index (κ2) is 20.0. The van der Waals surface area contributed by atoms with Gasteiger partial charge in [-0.2, -0.15) is 8.42 Å². The number of carboxylic acid groups (broad SMARTS) is 2. The van der Waals surface area contributed by atoms with Crippen LogP contribution in [0.2, 0.25) is 0 Å². The molecule has 0 amide bonds. The fourth-order valence-electron chi connectivity index (χ4n) is 2.23. The summed E-state index contributed by atoms with van der Waals surface area (Å²) in [4.78, 5) is 20.0. The van der Waals surface area contributed by atoms with Gasteiger partial charge in [-0.15, -0.1) is 0 Å². The van der Waals surface area contributed by atoms with Crippen molar-refractivity contribution in [1.29, 1.82) is 0 Å². The molecule has 1 atom stereocenters. The first-order valence-corrected chi connectivity index (χ1v) is 12.2. The van der Waals surface area contributed by atoms with E-state index in [1.165, 1.54) is 44.9 Å². The van der Waals surface area contributed by atoms with Crippen molar-refractivity contribution >= 4 is 32.5 Å². The van der Waals surface area contributed by atoms with Crippen LogP contribution in [-0.4, -0.2) is 59.9 Å². The number of hydrogen-bond donors (Lipinski definition) is 3. The van der Waals surface area contributed by atoms with E-state index >= 15 is 0 Å². The van der Waals surface area contributed by atoms with Crippen molar-refractivity contribution in [3.8, 4) is 0 Å². The summed E-state index contributed by atoms with van der Waals surface area (Å²) in [7, 11) is -9.32. The third-order valence-corrected chi connectivity index (χ3v) is 5.26. The first-order chi connectivity index (χ1) is 13.3. The number of rotatable bonds is 16. The Morgan fingerprint density at radius 2 is 1.27 bits per heavy atom. The van der Waals surface area contributed by atoms with Crippen LogP contribution in [0.15, 0.2) is 0 Å². The van der Waals surface area contributed by atoms with Crippen LogP contribution in [0, 0.1) is 0 Å². The minimum atomic E-state index is -4.84. The van der Waals surface area contributed by atoms with Gasteiger partial charge < -0.3 is 14.8 Å². The molecule has 0 saturated carbocycles. The van der Waals surface area contributed by atoms with Crippen molar-refractivity contribution in [3.63, 3.8) is 0 Å². The molecule has 3 N–H and O–H groups in total. The van der Waals surface area contributed by atoms with E-state index in [9.17, 15) is 31.0 Å². The molecule has 1 unspecified atom stereocenters. The second-order valence-corrected chi connectivity index (χ2v) is 9.00. The van der Waals surface area contributed by atoms with Crippen LogP contribution in [0.3, 0.4) is 0 Å². The molecule has 0 aliphatic carbocycles. The molecule has 174 valence electrons. The Morgan fingerprint density at radius 3 is 1.53 bits per heavy atom. The van der Waals surface area contributed by atoms with E-state index in [-0.39, 0.29) is 58.0 Å². The third kappa shape index (κ3) is 26.4. The molecule has 0 aromatic heterocycles. The third-order valence-electron chi connectivity index (χ3n) is 3.72. The summed E-state index contributed by atoms with van der Waals surface area (Å²) in [5.74, 6) is -3.50. The van der Waals surface area contributed by atoms with Gasteiger partial charge in [-0.25, -0.2) is 8.42 Å². The Bertz CT molecular complexity index is 663. The first-order valence-electron chi connectivity index (χ1n) is 9.32. The zero-order valence-electron chi connectivity index (χ0n) is 17.5. The van der Waals surface area contributed by atoms with Crippen molar-refractivity contribution in [3.05, 3.63) is 0 Å². The van der Waals surface area contributed by atoms with Gasteiger partial charge in [0.05, 0.1) is 13.0 Å². The van der Waals surface area contributed by atoms with Crippen LogP contribution in [0.25, 0.3) is 0 Å². The van der Waals surface area contributed by atoms with Crippen molar-refractivity contribution in [1.82, 2.24) is 0 Å². The molecule has 0 aromatic carbocycles. The number of carboxylic acids is 2. The average Bonchev–Trinajstić information content (AvgIpc) is 2.56. The van der Waals surface area contributed by atoms with Crippen molar-refractivity contribution in [2.45, 2.75) is 82.8 Å². The standard InChI is InChI=1S/C12H26O4S.C4H6O7S.K/c1-2-3-4-5-6-7-8-9-10-11-12-16-17(13,14)15;5-3(6)1-2(4(7)8)12(9,10)11;/h2-12H2,1H3,(H,13,14,15);2H,1H2,(H,5,6)(H,7,8)(H,9,10,11);/q;;+1/p-1. The maximum absolute atomic E-state index is 10.2. The van der Waals surface area contributed by atoms with Crippen molar-refractivity contribution in [2.75, 3.05) is 6.61 Å². The quantitative estimate of drug-likeness (QED) is 0.103. The number of carbonyl (C=O) groups is 2. The minimum Gasteiger partial charge on any atom is -0.726 e. The number of aliphatic carboxylic acids is 2. The van der Waals surface area contributed by atoms with Gasteiger partial charge in [0.25, 0.3) is 10.1 Å². The summed E-state index contributed by atoms with van der Waals surface area (Å²) in [5.41, 5.74) is 0. The Labute approximate surface area is 221 Å². The van der Waals surface area contributed by atoms with E-state index < -0.39 is 44.1 Å². The van der Waals surface area contributed by atoms with Gasteiger partial charge in [0.2, 0.25) is 10.4 Å². The monoisotopic (exact) mass is 502 g/mol. The summed E-state index contributed by atoms with van der Waals surface area (Å²) >= 11 is 0. The average molecular weight is 503 g/mol. The Hall–Kier alpha value is 0.356. The Morgan fingerprint density at radius 1 is 0.867 bits per heavy atom. The predicted octanol–water partition coefficient (Wildman–Crippen LogP) is -0.810. The molecule has 0 fully saturated rings. The fraction of sp³-hybridized carbons (Fsp3) is 0.875. The molecule has 0 saturated heterocycles. The molecule has 30 heavy (non-hydrogen) atoms. The molecule has 0 radical (unpaired) electrons. The molecule has 14 heteroatoms. The zero-order chi connectivity index (χ0) is 22.9. The van der Waals surface area contributed by atoms with Gasteiger partial charge in [0.1, 0.15) is 0 Å². The SMILES string of the molecule is CCCCCCCCCCCCOS(=O)(=O)[O-].O=C(O)CC(C(=O)O)S(=O)(=O)O.[K+]. The summed E-state index contributed by atoms with van der Waals surface area (Å²) < 4.78 is 63.1. The zero-order valence-corrected chi connectivity index (χ0v) is 22.2. The molecule has 11 nitrogen and oxygen atoms in total. The van der Waals surface area contributed by atoms with Crippen LogP contribution in [0.5, 0.6) is 0 Å². The molecule has 0 aliphatic rings. The fourth-order valence-corrected chi connectivity index (χ4v) is 3.16. The number of unbranched alkanes of at least 4 members (excludes halogenated alkanes) is 9. The summed E-state index contributed by atoms with van der Waals surface area (Å²) in [6, 6.07) is 0. The maximum atomic E-state index is 10.2. The van der Waals surface area contributed by atoms with Crippen LogP contribution < -0.4 is 51.4 Å². The normalized spacial score (nSPS) is 12.2. The van der Waals surface area contributed by atoms with E-state index in [4.69, 9.17) is 14.8 Å². The Balaban J connectivity index is -0.000000497. The van der Waals surface area contributed by atoms with Crippen LogP contribution >= 0.6 is 0 Å². The molecule has 0 bridgehead atoms. The van der Waals surface area contributed by atoms with Crippen molar-refractivity contribution in [2.24, 2.45) is 0 Å². The van der Waals surface area contributed by atoms with Crippen LogP contribution in [0.4, 0.5) is 0 Å². The van der Waals surface area contributed by atoms with Gasteiger partial charge in [-0.3, -0.25) is 18.3 Å². The summed E-state index contributed by atoms with van der Waals surface area (Å²) in [6.07, 6.45) is 10.5. The molecule has 0 aliphatic heterocycles. The van der Waals surface area contributed by atoms with Crippen molar-refractivity contribution < 1.29 is 101 Å². The molecular weight excluding hydrogens is 471 g/mol.